The number of nitrogens with two attached hydrogens (primary N) is 1. The van der Waals surface area contributed by atoms with Crippen LogP contribution in [0.2, 0.25) is 0 Å². The van der Waals surface area contributed by atoms with Crippen LogP contribution in [0.5, 0.6) is 5.19 Å². The highest BCUT2D eigenvalue weighted by Gasteiger charge is 2.39. The minimum atomic E-state index is -0.511. The highest BCUT2D eigenvalue weighted by molar-refractivity contribution is 7.16. The summed E-state index contributed by atoms with van der Waals surface area (Å²) in [5, 5.41) is 0.641. The van der Waals surface area contributed by atoms with Gasteiger partial charge in [0.25, 0.3) is 5.19 Å². The smallest absolute Gasteiger partial charge is 0.273 e. The van der Waals surface area contributed by atoms with Crippen molar-refractivity contribution in [2.45, 2.75) is 37.5 Å². The molecule has 1 aromatic heterocycles. The van der Waals surface area contributed by atoms with Crippen LogP contribution in [-0.4, -0.2) is 18.0 Å². The SMILES string of the molecule is COc1ncc(-c2cccc(C3(C(N)=O)CCCCC3)c2)s1. The number of carbonyl (C=O) groups excluding carboxylic acids is 1. The van der Waals surface area contributed by atoms with Crippen molar-refractivity contribution >= 4 is 17.2 Å². The standard InChI is InChI=1S/C17H20N2O2S/c1-21-16-19-11-14(22-16)12-6-5-7-13(10-12)17(15(18)20)8-3-2-4-9-17/h5-7,10-11H,2-4,8-9H2,1H3,(H2,18,20). The summed E-state index contributed by atoms with van der Waals surface area (Å²) in [5.41, 5.74) is 7.36. The van der Waals surface area contributed by atoms with E-state index < -0.39 is 5.41 Å². The van der Waals surface area contributed by atoms with Crippen LogP contribution < -0.4 is 10.5 Å². The zero-order valence-electron chi connectivity index (χ0n) is 12.7. The second-order valence-corrected chi connectivity index (χ2v) is 6.78. The molecule has 0 saturated heterocycles. The van der Waals surface area contributed by atoms with Gasteiger partial charge in [-0.1, -0.05) is 48.8 Å². The number of amides is 1. The molecule has 116 valence electrons. The first-order valence-corrected chi connectivity index (χ1v) is 8.38. The number of primary amides is 1. The fraction of sp³-hybridized carbons (Fsp3) is 0.412. The molecular weight excluding hydrogens is 296 g/mol. The molecule has 1 heterocycles. The normalized spacial score (nSPS) is 17.1. The Kier molecular flexibility index (Phi) is 4.16. The van der Waals surface area contributed by atoms with Crippen molar-refractivity contribution in [2.24, 2.45) is 5.73 Å². The average Bonchev–Trinajstić information content (AvgIpc) is 3.04. The second-order valence-electron chi connectivity index (χ2n) is 5.78. The van der Waals surface area contributed by atoms with E-state index in [0.717, 1.165) is 41.7 Å². The van der Waals surface area contributed by atoms with Gasteiger partial charge >= 0.3 is 0 Å². The van der Waals surface area contributed by atoms with Crippen molar-refractivity contribution in [1.82, 2.24) is 4.98 Å². The number of hydrogen-bond acceptors (Lipinski definition) is 4. The van der Waals surface area contributed by atoms with Gasteiger partial charge < -0.3 is 10.5 Å². The molecule has 0 bridgehead atoms. The third-order valence-electron chi connectivity index (χ3n) is 4.54. The number of benzene rings is 1. The Labute approximate surface area is 134 Å². The Morgan fingerprint density at radius 2 is 2.09 bits per heavy atom. The minimum Gasteiger partial charge on any atom is -0.473 e. The largest absolute Gasteiger partial charge is 0.473 e. The molecule has 2 N–H and O–H groups in total. The highest BCUT2D eigenvalue weighted by Crippen LogP contribution is 2.41. The van der Waals surface area contributed by atoms with Gasteiger partial charge in [0.05, 0.1) is 17.4 Å². The third kappa shape index (κ3) is 2.61. The Morgan fingerprint density at radius 1 is 1.32 bits per heavy atom. The second kappa shape index (κ2) is 6.08. The molecule has 1 saturated carbocycles. The maximum atomic E-state index is 12.2. The van der Waals surface area contributed by atoms with E-state index in [0.29, 0.717) is 5.19 Å². The first-order valence-electron chi connectivity index (χ1n) is 7.56. The van der Waals surface area contributed by atoms with Crippen LogP contribution >= 0.6 is 11.3 Å². The van der Waals surface area contributed by atoms with Gasteiger partial charge in [0, 0.05) is 6.20 Å². The molecule has 1 aliphatic carbocycles. The molecule has 22 heavy (non-hydrogen) atoms. The Bertz CT molecular complexity index is 675. The lowest BCUT2D eigenvalue weighted by atomic mass is 9.68. The van der Waals surface area contributed by atoms with Crippen LogP contribution in [0.1, 0.15) is 37.7 Å². The Balaban J connectivity index is 2.00. The molecule has 0 radical (unpaired) electrons. The van der Waals surface area contributed by atoms with Crippen LogP contribution in [0.25, 0.3) is 10.4 Å². The van der Waals surface area contributed by atoms with Crippen LogP contribution in [0.3, 0.4) is 0 Å². The molecule has 1 aromatic carbocycles. The molecule has 1 amide bonds. The van der Waals surface area contributed by atoms with Crippen LogP contribution in [0.15, 0.2) is 30.5 Å². The van der Waals surface area contributed by atoms with E-state index in [1.807, 2.05) is 18.2 Å². The van der Waals surface area contributed by atoms with Crippen LogP contribution in [0.4, 0.5) is 0 Å². The van der Waals surface area contributed by atoms with Crippen molar-refractivity contribution in [3.63, 3.8) is 0 Å². The monoisotopic (exact) mass is 316 g/mol. The first-order chi connectivity index (χ1) is 10.7. The van der Waals surface area contributed by atoms with E-state index in [4.69, 9.17) is 10.5 Å². The van der Waals surface area contributed by atoms with Gasteiger partial charge in [-0.3, -0.25) is 4.79 Å². The molecule has 5 heteroatoms. The molecule has 1 aliphatic rings. The summed E-state index contributed by atoms with van der Waals surface area (Å²) in [6.45, 7) is 0. The van der Waals surface area contributed by atoms with Gasteiger partial charge in [-0.25, -0.2) is 4.98 Å². The molecule has 0 atom stereocenters. The third-order valence-corrected chi connectivity index (χ3v) is 5.55. The Hall–Kier alpha value is -1.88. The number of carbonyl (C=O) groups is 1. The highest BCUT2D eigenvalue weighted by atomic mass is 32.1. The van der Waals surface area contributed by atoms with E-state index in [1.165, 1.54) is 17.8 Å². The number of aromatic nitrogens is 1. The first kappa shape index (κ1) is 15.0. The molecule has 0 spiro atoms. The van der Waals surface area contributed by atoms with Gasteiger partial charge in [0.1, 0.15) is 0 Å². The minimum absolute atomic E-state index is 0.203. The summed E-state index contributed by atoms with van der Waals surface area (Å²) in [4.78, 5) is 17.4. The van der Waals surface area contributed by atoms with Crippen LogP contribution in [-0.2, 0) is 10.2 Å². The number of nitrogens with zero attached hydrogens (tertiary/aromatic N) is 1. The van der Waals surface area contributed by atoms with Gasteiger partial charge in [-0.2, -0.15) is 0 Å². The van der Waals surface area contributed by atoms with E-state index in [-0.39, 0.29) is 5.91 Å². The number of methoxy groups -OCH3 is 1. The molecular formula is C17H20N2O2S. The van der Waals surface area contributed by atoms with Crippen molar-refractivity contribution in [3.8, 4) is 15.6 Å². The number of rotatable bonds is 4. The van der Waals surface area contributed by atoms with Gasteiger partial charge in [0.2, 0.25) is 5.91 Å². The maximum Gasteiger partial charge on any atom is 0.273 e. The molecule has 0 aliphatic heterocycles. The fourth-order valence-electron chi connectivity index (χ4n) is 3.29. The van der Waals surface area contributed by atoms with Gasteiger partial charge in [-0.05, 0) is 30.0 Å². The summed E-state index contributed by atoms with van der Waals surface area (Å²) in [6.07, 6.45) is 6.79. The fourth-order valence-corrected chi connectivity index (χ4v) is 4.02. The van der Waals surface area contributed by atoms with Gasteiger partial charge in [0.15, 0.2) is 0 Å². The number of thiazole rings is 1. The maximum absolute atomic E-state index is 12.2. The zero-order valence-corrected chi connectivity index (χ0v) is 13.5. The number of ether oxygens (including phenoxy) is 1. The summed E-state index contributed by atoms with van der Waals surface area (Å²) >= 11 is 1.50. The number of hydrogen-bond donors (Lipinski definition) is 1. The molecule has 2 aromatic rings. The summed E-state index contributed by atoms with van der Waals surface area (Å²) < 4.78 is 5.15. The van der Waals surface area contributed by atoms with Crippen molar-refractivity contribution in [2.75, 3.05) is 7.11 Å². The molecule has 1 fully saturated rings. The zero-order chi connectivity index (χ0) is 15.6. The van der Waals surface area contributed by atoms with Crippen molar-refractivity contribution < 1.29 is 9.53 Å². The molecule has 0 unspecified atom stereocenters. The Morgan fingerprint density at radius 3 is 2.73 bits per heavy atom. The summed E-state index contributed by atoms with van der Waals surface area (Å²) in [6, 6.07) is 8.14. The predicted octanol–water partition coefficient (Wildman–Crippen LogP) is 3.51. The van der Waals surface area contributed by atoms with E-state index in [9.17, 15) is 4.79 Å². The van der Waals surface area contributed by atoms with Crippen molar-refractivity contribution in [1.29, 1.82) is 0 Å². The van der Waals surface area contributed by atoms with E-state index in [1.54, 1.807) is 13.3 Å². The lowest BCUT2D eigenvalue weighted by molar-refractivity contribution is -0.124. The molecule has 4 nitrogen and oxygen atoms in total. The molecule has 3 rings (SSSR count). The predicted molar refractivity (Wildman–Crippen MR) is 88.1 cm³/mol. The average molecular weight is 316 g/mol. The summed E-state index contributed by atoms with van der Waals surface area (Å²) in [7, 11) is 1.61. The van der Waals surface area contributed by atoms with Gasteiger partial charge in [-0.15, -0.1) is 0 Å². The van der Waals surface area contributed by atoms with E-state index in [2.05, 4.69) is 11.1 Å². The topological polar surface area (TPSA) is 65.2 Å². The van der Waals surface area contributed by atoms with E-state index >= 15 is 0 Å². The summed E-state index contributed by atoms with van der Waals surface area (Å²) in [5.74, 6) is -0.203. The quantitative estimate of drug-likeness (QED) is 0.938. The van der Waals surface area contributed by atoms with Crippen molar-refractivity contribution in [3.05, 3.63) is 36.0 Å². The van der Waals surface area contributed by atoms with Crippen LogP contribution in [0, 0.1) is 0 Å². The lowest BCUT2D eigenvalue weighted by Crippen LogP contribution is -2.42. The lowest BCUT2D eigenvalue weighted by Gasteiger charge is -2.35.